The number of hydrogen-bond donors (Lipinski definition) is 2. The molecule has 1 unspecified atom stereocenters. The first kappa shape index (κ1) is 15.5. The Morgan fingerprint density at radius 3 is 2.43 bits per heavy atom. The number of hydrogen-bond acceptors (Lipinski definition) is 3. The van der Waals surface area contributed by atoms with Gasteiger partial charge in [0.25, 0.3) is 5.91 Å². The summed E-state index contributed by atoms with van der Waals surface area (Å²) in [4.78, 5) is 37.5. The van der Waals surface area contributed by atoms with E-state index in [1.807, 2.05) is 37.3 Å². The van der Waals surface area contributed by atoms with Crippen LogP contribution in [0.5, 0.6) is 0 Å². The fourth-order valence-corrected chi connectivity index (χ4v) is 3.31. The lowest BCUT2D eigenvalue weighted by Crippen LogP contribution is -2.55. The summed E-state index contributed by atoms with van der Waals surface area (Å²) in [5.41, 5.74) is 0.329. The first-order valence-corrected chi connectivity index (χ1v) is 7.96. The Bertz CT molecular complexity index is 621. The van der Waals surface area contributed by atoms with Gasteiger partial charge in [-0.05, 0) is 24.3 Å². The first-order chi connectivity index (χ1) is 11.0. The van der Waals surface area contributed by atoms with E-state index >= 15 is 0 Å². The summed E-state index contributed by atoms with van der Waals surface area (Å²) in [7, 11) is 0. The molecule has 0 saturated carbocycles. The van der Waals surface area contributed by atoms with Gasteiger partial charge >= 0.3 is 6.03 Å². The molecular formula is C17H21N3O3. The molecule has 122 valence electrons. The van der Waals surface area contributed by atoms with Crippen LogP contribution in [0, 0.1) is 0 Å². The normalized spacial score (nSPS) is 21.0. The minimum absolute atomic E-state index is 0.0981. The van der Waals surface area contributed by atoms with E-state index in [0.29, 0.717) is 32.4 Å². The van der Waals surface area contributed by atoms with Crippen molar-refractivity contribution in [3.63, 3.8) is 0 Å². The molecule has 0 aromatic heterocycles. The maximum atomic E-state index is 12.5. The molecule has 6 heteroatoms. The van der Waals surface area contributed by atoms with Gasteiger partial charge in [-0.1, -0.05) is 37.3 Å². The molecule has 1 aromatic carbocycles. The molecule has 1 aromatic rings. The average molecular weight is 315 g/mol. The third kappa shape index (κ3) is 3.06. The predicted molar refractivity (Wildman–Crippen MR) is 84.7 cm³/mol. The van der Waals surface area contributed by atoms with Gasteiger partial charge < -0.3 is 10.2 Å². The molecule has 0 radical (unpaired) electrons. The van der Waals surface area contributed by atoms with Crippen LogP contribution in [0.1, 0.15) is 37.7 Å². The molecule has 2 aliphatic heterocycles. The third-order valence-corrected chi connectivity index (χ3v) is 4.83. The number of carbonyl (C=O) groups is 3. The van der Waals surface area contributed by atoms with Crippen LogP contribution in [-0.2, 0) is 9.59 Å². The Kier molecular flexibility index (Phi) is 4.07. The summed E-state index contributed by atoms with van der Waals surface area (Å²) >= 11 is 0. The quantitative estimate of drug-likeness (QED) is 0.827. The van der Waals surface area contributed by atoms with Crippen LogP contribution in [0.25, 0.3) is 0 Å². The highest BCUT2D eigenvalue weighted by atomic mass is 16.2. The van der Waals surface area contributed by atoms with Crippen LogP contribution < -0.4 is 10.6 Å². The van der Waals surface area contributed by atoms with E-state index in [0.717, 1.165) is 5.56 Å². The highest BCUT2D eigenvalue weighted by molar-refractivity contribution is 6.07. The van der Waals surface area contributed by atoms with Crippen molar-refractivity contribution in [2.24, 2.45) is 0 Å². The Morgan fingerprint density at radius 1 is 1.22 bits per heavy atom. The zero-order valence-electron chi connectivity index (χ0n) is 13.2. The second-order valence-electron chi connectivity index (χ2n) is 6.39. The van der Waals surface area contributed by atoms with E-state index in [-0.39, 0.29) is 17.7 Å². The van der Waals surface area contributed by atoms with Gasteiger partial charge in [-0.25, -0.2) is 4.79 Å². The molecule has 2 heterocycles. The summed E-state index contributed by atoms with van der Waals surface area (Å²) in [6.45, 7) is 3.03. The largest absolute Gasteiger partial charge is 0.342 e. The molecule has 2 fully saturated rings. The fraction of sp³-hybridized carbons (Fsp3) is 0.471. The Balaban J connectivity index is 1.56. The minimum Gasteiger partial charge on any atom is -0.342 e. The van der Waals surface area contributed by atoms with E-state index in [4.69, 9.17) is 0 Å². The number of nitrogens with zero attached hydrogens (tertiary/aromatic N) is 1. The smallest absolute Gasteiger partial charge is 0.322 e. The van der Waals surface area contributed by atoms with Crippen molar-refractivity contribution in [3.05, 3.63) is 35.9 Å². The SMILES string of the molecule is CC(CC(=O)N1CCC2(CC1)NC(=O)NC2=O)c1ccccc1. The number of nitrogens with one attached hydrogen (secondary N) is 2. The van der Waals surface area contributed by atoms with Gasteiger partial charge in [0.05, 0.1) is 0 Å². The van der Waals surface area contributed by atoms with Crippen molar-refractivity contribution < 1.29 is 14.4 Å². The molecule has 1 atom stereocenters. The van der Waals surface area contributed by atoms with Crippen molar-refractivity contribution in [2.75, 3.05) is 13.1 Å². The second kappa shape index (κ2) is 6.02. The van der Waals surface area contributed by atoms with Crippen LogP contribution in [0.3, 0.4) is 0 Å². The monoisotopic (exact) mass is 315 g/mol. The highest BCUT2D eigenvalue weighted by Crippen LogP contribution is 2.27. The lowest BCUT2D eigenvalue weighted by Gasteiger charge is -2.37. The van der Waals surface area contributed by atoms with Crippen LogP contribution >= 0.6 is 0 Å². The van der Waals surface area contributed by atoms with Crippen molar-refractivity contribution in [2.45, 2.75) is 37.6 Å². The van der Waals surface area contributed by atoms with Gasteiger partial charge in [0, 0.05) is 19.5 Å². The topological polar surface area (TPSA) is 78.5 Å². The number of carbonyl (C=O) groups excluding carboxylic acids is 3. The number of urea groups is 1. The molecule has 3 rings (SSSR count). The van der Waals surface area contributed by atoms with Crippen molar-refractivity contribution in [1.82, 2.24) is 15.5 Å². The predicted octanol–water partition coefficient (Wildman–Crippen LogP) is 1.38. The molecule has 23 heavy (non-hydrogen) atoms. The lowest BCUT2D eigenvalue weighted by atomic mass is 9.87. The summed E-state index contributed by atoms with van der Waals surface area (Å²) in [6.07, 6.45) is 1.39. The molecule has 0 bridgehead atoms. The van der Waals surface area contributed by atoms with E-state index in [9.17, 15) is 14.4 Å². The van der Waals surface area contributed by atoms with Crippen LogP contribution in [0.15, 0.2) is 30.3 Å². The highest BCUT2D eigenvalue weighted by Gasteiger charge is 2.48. The average Bonchev–Trinajstić information content (AvgIpc) is 2.82. The van der Waals surface area contributed by atoms with Gasteiger partial charge in [0.1, 0.15) is 5.54 Å². The molecule has 1 spiro atoms. The van der Waals surface area contributed by atoms with Crippen LogP contribution in [-0.4, -0.2) is 41.4 Å². The summed E-state index contributed by atoms with van der Waals surface area (Å²) in [6, 6.07) is 9.53. The number of amides is 4. The molecule has 0 aliphatic carbocycles. The van der Waals surface area contributed by atoms with Crippen molar-refractivity contribution in [3.8, 4) is 0 Å². The van der Waals surface area contributed by atoms with Gasteiger partial charge in [-0.15, -0.1) is 0 Å². The summed E-state index contributed by atoms with van der Waals surface area (Å²) < 4.78 is 0. The number of benzene rings is 1. The van der Waals surface area contributed by atoms with Gasteiger partial charge in [0.15, 0.2) is 0 Å². The Morgan fingerprint density at radius 2 is 1.87 bits per heavy atom. The number of piperidine rings is 1. The molecule has 2 aliphatic rings. The van der Waals surface area contributed by atoms with Gasteiger partial charge in [-0.2, -0.15) is 0 Å². The molecule has 4 amide bonds. The second-order valence-corrected chi connectivity index (χ2v) is 6.39. The van der Waals surface area contributed by atoms with E-state index in [1.165, 1.54) is 0 Å². The maximum Gasteiger partial charge on any atom is 0.322 e. The maximum absolute atomic E-state index is 12.5. The molecule has 2 saturated heterocycles. The standard InChI is InChI=1S/C17H21N3O3/c1-12(13-5-3-2-4-6-13)11-14(21)20-9-7-17(8-10-20)15(22)18-16(23)19-17/h2-6,12H,7-11H2,1H3,(H2,18,19,22,23). The lowest BCUT2D eigenvalue weighted by molar-refractivity contribution is -0.136. The van der Waals surface area contributed by atoms with Crippen LogP contribution in [0.4, 0.5) is 4.79 Å². The Labute approximate surface area is 135 Å². The zero-order chi connectivity index (χ0) is 16.4. The molecule has 2 N–H and O–H groups in total. The molecular weight excluding hydrogens is 294 g/mol. The third-order valence-electron chi connectivity index (χ3n) is 4.83. The number of imide groups is 1. The fourth-order valence-electron chi connectivity index (χ4n) is 3.31. The van der Waals surface area contributed by atoms with E-state index < -0.39 is 11.6 Å². The minimum atomic E-state index is -0.821. The summed E-state index contributed by atoms with van der Waals surface area (Å²) in [5.74, 6) is -0.0118. The Hall–Kier alpha value is -2.37. The van der Waals surface area contributed by atoms with Gasteiger partial charge in [-0.3, -0.25) is 14.9 Å². The number of likely N-dealkylation sites (tertiary alicyclic amines) is 1. The van der Waals surface area contributed by atoms with Crippen molar-refractivity contribution in [1.29, 1.82) is 0 Å². The molecule has 6 nitrogen and oxygen atoms in total. The zero-order valence-corrected chi connectivity index (χ0v) is 13.2. The van der Waals surface area contributed by atoms with Crippen LogP contribution in [0.2, 0.25) is 0 Å². The summed E-state index contributed by atoms with van der Waals surface area (Å²) in [5, 5.41) is 4.99. The first-order valence-electron chi connectivity index (χ1n) is 7.96. The van der Waals surface area contributed by atoms with E-state index in [2.05, 4.69) is 10.6 Å². The van der Waals surface area contributed by atoms with E-state index in [1.54, 1.807) is 4.90 Å². The van der Waals surface area contributed by atoms with Crippen molar-refractivity contribution >= 4 is 17.8 Å². The van der Waals surface area contributed by atoms with Gasteiger partial charge in [0.2, 0.25) is 5.91 Å². The number of rotatable bonds is 3.